The van der Waals surface area contributed by atoms with Crippen molar-refractivity contribution in [1.29, 1.82) is 0 Å². The van der Waals surface area contributed by atoms with Gasteiger partial charge in [0.05, 0.1) is 0 Å². The van der Waals surface area contributed by atoms with Crippen LogP contribution >= 0.6 is 0 Å². The first-order valence-corrected chi connectivity index (χ1v) is 6.59. The Hall–Kier alpha value is -1.35. The first-order valence-electron chi connectivity index (χ1n) is 6.59. The number of amides is 1. The standard InChI is InChI=1S/C15H22N2O/c1-11(18)17-14-8-4-12(5-9-14)10-16-15(2,3)13-6-7-13/h4-5,8-9,13,16H,6-7,10H2,1-3H3,(H,17,18). The average molecular weight is 246 g/mol. The van der Waals surface area contributed by atoms with Gasteiger partial charge in [0, 0.05) is 24.7 Å². The summed E-state index contributed by atoms with van der Waals surface area (Å²) in [6.45, 7) is 6.95. The number of rotatable bonds is 5. The first kappa shape index (κ1) is 13.1. The third kappa shape index (κ3) is 3.57. The molecule has 0 aromatic heterocycles. The lowest BCUT2D eigenvalue weighted by molar-refractivity contribution is -0.114. The fraction of sp³-hybridized carbons (Fsp3) is 0.533. The SMILES string of the molecule is CC(=O)Nc1ccc(CNC(C)(C)C2CC2)cc1. The Kier molecular flexibility index (Phi) is 3.71. The maximum Gasteiger partial charge on any atom is 0.221 e. The van der Waals surface area contributed by atoms with Crippen LogP contribution in [-0.4, -0.2) is 11.4 Å². The number of hydrogen-bond donors (Lipinski definition) is 2. The maximum atomic E-state index is 10.9. The Labute approximate surface area is 109 Å². The van der Waals surface area contributed by atoms with Crippen molar-refractivity contribution in [1.82, 2.24) is 5.32 Å². The van der Waals surface area contributed by atoms with Crippen molar-refractivity contribution in [3.63, 3.8) is 0 Å². The van der Waals surface area contributed by atoms with Crippen molar-refractivity contribution in [2.75, 3.05) is 5.32 Å². The highest BCUT2D eigenvalue weighted by atomic mass is 16.1. The lowest BCUT2D eigenvalue weighted by Crippen LogP contribution is -2.40. The van der Waals surface area contributed by atoms with Gasteiger partial charge < -0.3 is 10.6 Å². The van der Waals surface area contributed by atoms with Crippen molar-refractivity contribution < 1.29 is 4.79 Å². The Bertz CT molecular complexity index is 419. The van der Waals surface area contributed by atoms with Gasteiger partial charge in [-0.15, -0.1) is 0 Å². The Morgan fingerprint density at radius 1 is 1.28 bits per heavy atom. The van der Waals surface area contributed by atoms with Crippen LogP contribution in [0.3, 0.4) is 0 Å². The summed E-state index contributed by atoms with van der Waals surface area (Å²) >= 11 is 0. The van der Waals surface area contributed by atoms with E-state index in [1.165, 1.54) is 25.3 Å². The fourth-order valence-electron chi connectivity index (χ4n) is 2.19. The summed E-state index contributed by atoms with van der Waals surface area (Å²) in [5, 5.41) is 6.38. The van der Waals surface area contributed by atoms with Crippen LogP contribution in [0.5, 0.6) is 0 Å². The van der Waals surface area contributed by atoms with Gasteiger partial charge in [-0.25, -0.2) is 0 Å². The second kappa shape index (κ2) is 5.11. The molecule has 1 saturated carbocycles. The number of nitrogens with one attached hydrogen (secondary N) is 2. The molecule has 18 heavy (non-hydrogen) atoms. The van der Waals surface area contributed by atoms with Gasteiger partial charge in [-0.05, 0) is 50.3 Å². The van der Waals surface area contributed by atoms with Gasteiger partial charge in [-0.2, -0.15) is 0 Å². The average Bonchev–Trinajstić information content (AvgIpc) is 3.11. The van der Waals surface area contributed by atoms with Crippen LogP contribution in [0.4, 0.5) is 5.69 Å². The van der Waals surface area contributed by atoms with Crippen LogP contribution in [-0.2, 0) is 11.3 Å². The minimum atomic E-state index is -0.0317. The van der Waals surface area contributed by atoms with Crippen LogP contribution in [0.1, 0.15) is 39.2 Å². The zero-order valence-electron chi connectivity index (χ0n) is 11.4. The van der Waals surface area contributed by atoms with E-state index in [2.05, 4.69) is 36.6 Å². The Morgan fingerprint density at radius 2 is 1.89 bits per heavy atom. The number of anilines is 1. The summed E-state index contributed by atoms with van der Waals surface area (Å²) in [6.07, 6.45) is 2.70. The highest BCUT2D eigenvalue weighted by Crippen LogP contribution is 2.39. The molecule has 0 aliphatic heterocycles. The highest BCUT2D eigenvalue weighted by Gasteiger charge is 2.36. The molecular formula is C15H22N2O. The van der Waals surface area contributed by atoms with Crippen molar-refractivity contribution >= 4 is 11.6 Å². The predicted octanol–water partition coefficient (Wildman–Crippen LogP) is 2.92. The van der Waals surface area contributed by atoms with E-state index in [4.69, 9.17) is 0 Å². The number of carbonyl (C=O) groups excluding carboxylic acids is 1. The second-order valence-corrected chi connectivity index (χ2v) is 5.73. The number of hydrogen-bond acceptors (Lipinski definition) is 2. The zero-order valence-corrected chi connectivity index (χ0v) is 11.4. The molecule has 1 aromatic carbocycles. The van der Waals surface area contributed by atoms with Crippen molar-refractivity contribution in [3.8, 4) is 0 Å². The molecule has 1 fully saturated rings. The van der Waals surface area contributed by atoms with Gasteiger partial charge in [-0.3, -0.25) is 4.79 Å². The van der Waals surface area contributed by atoms with E-state index in [0.29, 0.717) is 0 Å². The fourth-order valence-corrected chi connectivity index (χ4v) is 2.19. The van der Waals surface area contributed by atoms with Crippen LogP contribution in [0.25, 0.3) is 0 Å². The van der Waals surface area contributed by atoms with Gasteiger partial charge in [0.25, 0.3) is 0 Å². The van der Waals surface area contributed by atoms with E-state index < -0.39 is 0 Å². The summed E-state index contributed by atoms with van der Waals surface area (Å²) < 4.78 is 0. The molecule has 2 N–H and O–H groups in total. The normalized spacial score (nSPS) is 15.5. The molecule has 0 atom stereocenters. The number of benzene rings is 1. The van der Waals surface area contributed by atoms with E-state index >= 15 is 0 Å². The van der Waals surface area contributed by atoms with Crippen LogP contribution in [0, 0.1) is 5.92 Å². The molecule has 0 heterocycles. The highest BCUT2D eigenvalue weighted by molar-refractivity contribution is 5.88. The quantitative estimate of drug-likeness (QED) is 0.838. The van der Waals surface area contributed by atoms with Crippen LogP contribution in [0.2, 0.25) is 0 Å². The molecule has 2 rings (SSSR count). The van der Waals surface area contributed by atoms with E-state index in [-0.39, 0.29) is 11.4 Å². The van der Waals surface area contributed by atoms with Crippen molar-refractivity contribution in [3.05, 3.63) is 29.8 Å². The van der Waals surface area contributed by atoms with E-state index in [1.807, 2.05) is 12.1 Å². The molecular weight excluding hydrogens is 224 g/mol. The van der Waals surface area contributed by atoms with Gasteiger partial charge in [0.1, 0.15) is 0 Å². The number of carbonyl (C=O) groups is 1. The van der Waals surface area contributed by atoms with Crippen molar-refractivity contribution in [2.24, 2.45) is 5.92 Å². The molecule has 1 aliphatic rings. The van der Waals surface area contributed by atoms with Gasteiger partial charge >= 0.3 is 0 Å². The Morgan fingerprint density at radius 3 is 2.39 bits per heavy atom. The maximum absolute atomic E-state index is 10.9. The molecule has 1 aliphatic carbocycles. The molecule has 0 unspecified atom stereocenters. The zero-order chi connectivity index (χ0) is 13.2. The molecule has 3 heteroatoms. The summed E-state index contributed by atoms with van der Waals surface area (Å²) in [5.74, 6) is 0.798. The molecule has 0 saturated heterocycles. The monoisotopic (exact) mass is 246 g/mol. The summed E-state index contributed by atoms with van der Waals surface area (Å²) in [6, 6.07) is 8.01. The van der Waals surface area contributed by atoms with Gasteiger partial charge in [0.15, 0.2) is 0 Å². The molecule has 0 bridgehead atoms. The van der Waals surface area contributed by atoms with Crippen molar-refractivity contribution in [2.45, 2.75) is 45.7 Å². The Balaban J connectivity index is 1.88. The molecule has 1 amide bonds. The smallest absolute Gasteiger partial charge is 0.221 e. The lowest BCUT2D eigenvalue weighted by Gasteiger charge is -2.26. The molecule has 98 valence electrons. The summed E-state index contributed by atoms with van der Waals surface area (Å²) in [4.78, 5) is 10.9. The van der Waals surface area contributed by atoms with E-state index in [9.17, 15) is 4.79 Å². The van der Waals surface area contributed by atoms with Gasteiger partial charge in [0.2, 0.25) is 5.91 Å². The second-order valence-electron chi connectivity index (χ2n) is 5.73. The summed E-state index contributed by atoms with van der Waals surface area (Å²) in [5.41, 5.74) is 2.33. The minimum absolute atomic E-state index is 0.0317. The minimum Gasteiger partial charge on any atom is -0.326 e. The first-order chi connectivity index (χ1) is 8.47. The third-order valence-electron chi connectivity index (χ3n) is 3.62. The predicted molar refractivity (Wildman–Crippen MR) is 74.4 cm³/mol. The largest absolute Gasteiger partial charge is 0.326 e. The molecule has 1 aromatic rings. The van der Waals surface area contributed by atoms with E-state index in [1.54, 1.807) is 0 Å². The molecule has 0 radical (unpaired) electrons. The van der Waals surface area contributed by atoms with E-state index in [0.717, 1.165) is 18.2 Å². The van der Waals surface area contributed by atoms with Crippen LogP contribution in [0.15, 0.2) is 24.3 Å². The summed E-state index contributed by atoms with van der Waals surface area (Å²) in [7, 11) is 0. The third-order valence-corrected chi connectivity index (χ3v) is 3.62. The molecule has 0 spiro atoms. The van der Waals surface area contributed by atoms with Gasteiger partial charge in [-0.1, -0.05) is 12.1 Å². The molecule has 3 nitrogen and oxygen atoms in total. The van der Waals surface area contributed by atoms with Crippen LogP contribution < -0.4 is 10.6 Å². The lowest BCUT2D eigenvalue weighted by atomic mass is 9.98. The topological polar surface area (TPSA) is 41.1 Å².